The Morgan fingerprint density at radius 2 is 1.74 bits per heavy atom. The number of aromatic nitrogens is 2. The maximum absolute atomic E-state index is 13.4. The van der Waals surface area contributed by atoms with E-state index in [-0.39, 0.29) is 11.5 Å². The minimum atomic E-state index is -0.423. The van der Waals surface area contributed by atoms with Crippen molar-refractivity contribution in [2.75, 3.05) is 17.5 Å². The lowest BCUT2D eigenvalue weighted by Gasteiger charge is -2.06. The van der Waals surface area contributed by atoms with Crippen molar-refractivity contribution in [3.05, 3.63) is 75.9 Å². The highest BCUT2D eigenvalue weighted by atomic mass is 32.1. The molecule has 3 heterocycles. The lowest BCUT2D eigenvalue weighted by molar-refractivity contribution is -0.112. The molecule has 1 amide bonds. The summed E-state index contributed by atoms with van der Waals surface area (Å²) in [5.74, 6) is -0.0651. The molecule has 1 N–H and O–H groups in total. The number of rotatable bonds is 6. The first-order valence-electron chi connectivity index (χ1n) is 10.5. The molecule has 0 saturated heterocycles. The van der Waals surface area contributed by atoms with Gasteiger partial charge in [-0.15, -0.1) is 22.7 Å². The van der Waals surface area contributed by atoms with Crippen molar-refractivity contribution >= 4 is 50.3 Å². The summed E-state index contributed by atoms with van der Waals surface area (Å²) in [5, 5.41) is 12.9. The molecule has 0 saturated carbocycles. The van der Waals surface area contributed by atoms with Gasteiger partial charge in [0.25, 0.3) is 0 Å². The van der Waals surface area contributed by atoms with Crippen LogP contribution in [0.1, 0.15) is 16.1 Å². The third-order valence-electron chi connectivity index (χ3n) is 5.29. The summed E-state index contributed by atoms with van der Waals surface area (Å²) in [6.45, 7) is 3.89. The van der Waals surface area contributed by atoms with Gasteiger partial charge >= 0.3 is 5.91 Å². The van der Waals surface area contributed by atoms with Gasteiger partial charge in [-0.3, -0.25) is 10.2 Å². The van der Waals surface area contributed by atoms with Gasteiger partial charge in [-0.25, -0.2) is 14.4 Å². The molecule has 0 aliphatic carbocycles. The number of thiazole rings is 2. The summed E-state index contributed by atoms with van der Waals surface area (Å²) in [6.07, 6.45) is 0. The Labute approximate surface area is 208 Å². The lowest BCUT2D eigenvalue weighted by Crippen LogP contribution is -2.28. The van der Waals surface area contributed by atoms with E-state index in [0.717, 1.165) is 16.1 Å². The predicted octanol–water partition coefficient (Wildman–Crippen LogP) is 5.25. The molecule has 2 aromatic carbocycles. The lowest BCUT2D eigenvalue weighted by atomic mass is 10.1. The van der Waals surface area contributed by atoms with Crippen LogP contribution in [0.25, 0.3) is 11.3 Å². The highest BCUT2D eigenvalue weighted by Gasteiger charge is 2.36. The molecule has 0 unspecified atom stereocenters. The standard InChI is InChI=1S/C24H19FN6O2S2/c1-13-14(2)35-23(26-13)29-28-21-20(16-6-10-18(33-3)11-7-16)30-31(22(21)32)24-27-19(12-34-24)15-4-8-17(25)9-5-15/h4-12H,1-3H3,(H,26,29)/b28-21-. The van der Waals surface area contributed by atoms with E-state index in [1.54, 1.807) is 36.8 Å². The van der Waals surface area contributed by atoms with Crippen LogP contribution in [0, 0.1) is 19.7 Å². The van der Waals surface area contributed by atoms with Gasteiger partial charge in [0.1, 0.15) is 17.3 Å². The summed E-state index contributed by atoms with van der Waals surface area (Å²) < 4.78 is 18.5. The fourth-order valence-electron chi connectivity index (χ4n) is 3.31. The molecule has 0 radical (unpaired) electrons. The van der Waals surface area contributed by atoms with Crippen LogP contribution < -0.4 is 15.2 Å². The fourth-order valence-corrected chi connectivity index (χ4v) is 4.84. The minimum absolute atomic E-state index is 0.138. The van der Waals surface area contributed by atoms with E-state index in [1.165, 1.54) is 39.8 Å². The predicted molar refractivity (Wildman–Crippen MR) is 137 cm³/mol. The highest BCUT2D eigenvalue weighted by molar-refractivity contribution is 7.15. The summed E-state index contributed by atoms with van der Waals surface area (Å²) in [5.41, 5.74) is 6.39. The van der Waals surface area contributed by atoms with Crippen LogP contribution >= 0.6 is 22.7 Å². The number of nitrogens with one attached hydrogen (secondary N) is 1. The van der Waals surface area contributed by atoms with Gasteiger partial charge in [0.05, 0.1) is 18.5 Å². The zero-order valence-corrected chi connectivity index (χ0v) is 20.6. The number of hydrogen-bond acceptors (Lipinski definition) is 9. The van der Waals surface area contributed by atoms with Crippen LogP contribution in [0.3, 0.4) is 0 Å². The molecule has 0 atom stereocenters. The van der Waals surface area contributed by atoms with E-state index in [1.807, 2.05) is 26.0 Å². The zero-order chi connectivity index (χ0) is 24.5. The largest absolute Gasteiger partial charge is 0.497 e. The quantitative estimate of drug-likeness (QED) is 0.361. The van der Waals surface area contributed by atoms with E-state index in [0.29, 0.717) is 33.0 Å². The normalized spacial score (nSPS) is 14.5. The molecule has 4 aromatic rings. The first kappa shape index (κ1) is 22.8. The van der Waals surface area contributed by atoms with E-state index < -0.39 is 5.91 Å². The SMILES string of the molecule is COc1ccc(C2=NN(c3nc(-c4ccc(F)cc4)cs3)C(=O)/C2=N\Nc2nc(C)c(C)s2)cc1. The van der Waals surface area contributed by atoms with Crippen molar-refractivity contribution in [1.82, 2.24) is 9.97 Å². The maximum atomic E-state index is 13.4. The number of ether oxygens (including phenoxy) is 1. The molecule has 2 aromatic heterocycles. The van der Waals surface area contributed by atoms with Crippen LogP contribution in [0.5, 0.6) is 5.75 Å². The topological polar surface area (TPSA) is 92.1 Å². The molecule has 1 aliphatic rings. The minimum Gasteiger partial charge on any atom is -0.497 e. The van der Waals surface area contributed by atoms with E-state index >= 15 is 0 Å². The molecular formula is C24H19FN6O2S2. The molecule has 0 bridgehead atoms. The monoisotopic (exact) mass is 506 g/mol. The van der Waals surface area contributed by atoms with Gasteiger partial charge in [0.15, 0.2) is 5.71 Å². The van der Waals surface area contributed by atoms with E-state index in [2.05, 4.69) is 25.6 Å². The van der Waals surface area contributed by atoms with E-state index in [4.69, 9.17) is 4.74 Å². The molecule has 176 valence electrons. The van der Waals surface area contributed by atoms with Crippen molar-refractivity contribution in [1.29, 1.82) is 0 Å². The van der Waals surface area contributed by atoms with Crippen LogP contribution in [0.15, 0.2) is 64.1 Å². The molecular weight excluding hydrogens is 487 g/mol. The van der Waals surface area contributed by atoms with Gasteiger partial charge in [-0.1, -0.05) is 0 Å². The summed E-state index contributed by atoms with van der Waals surface area (Å²) in [6, 6.07) is 13.2. The van der Waals surface area contributed by atoms with Crippen molar-refractivity contribution < 1.29 is 13.9 Å². The number of aryl methyl sites for hydroxylation is 2. The van der Waals surface area contributed by atoms with Crippen molar-refractivity contribution in [2.45, 2.75) is 13.8 Å². The summed E-state index contributed by atoms with van der Waals surface area (Å²) in [4.78, 5) is 23.4. The zero-order valence-electron chi connectivity index (χ0n) is 18.9. The number of hydrogen-bond donors (Lipinski definition) is 1. The molecule has 5 rings (SSSR count). The van der Waals surface area contributed by atoms with Gasteiger partial charge in [0, 0.05) is 21.4 Å². The van der Waals surface area contributed by atoms with Crippen molar-refractivity contribution in [2.24, 2.45) is 10.2 Å². The number of halogens is 1. The summed E-state index contributed by atoms with van der Waals surface area (Å²) >= 11 is 2.71. The van der Waals surface area contributed by atoms with Crippen LogP contribution in [0.2, 0.25) is 0 Å². The van der Waals surface area contributed by atoms with Crippen LogP contribution in [-0.2, 0) is 4.79 Å². The Morgan fingerprint density at radius 1 is 1.03 bits per heavy atom. The first-order chi connectivity index (χ1) is 16.9. The number of nitrogens with zero attached hydrogens (tertiary/aromatic N) is 5. The number of hydrazone groups is 2. The molecule has 0 spiro atoms. The maximum Gasteiger partial charge on any atom is 0.303 e. The number of carbonyl (C=O) groups excluding carboxylic acids is 1. The van der Waals surface area contributed by atoms with Crippen LogP contribution in [-0.4, -0.2) is 34.4 Å². The van der Waals surface area contributed by atoms with Crippen molar-refractivity contribution in [3.63, 3.8) is 0 Å². The number of amides is 1. The van der Waals surface area contributed by atoms with Crippen LogP contribution in [0.4, 0.5) is 14.7 Å². The first-order valence-corrected chi connectivity index (χ1v) is 12.2. The average molecular weight is 507 g/mol. The average Bonchev–Trinajstić information content (AvgIpc) is 3.56. The second-order valence-electron chi connectivity index (χ2n) is 7.55. The Bertz CT molecular complexity index is 1440. The molecule has 11 heteroatoms. The summed E-state index contributed by atoms with van der Waals surface area (Å²) in [7, 11) is 1.59. The second-order valence-corrected chi connectivity index (χ2v) is 9.59. The van der Waals surface area contributed by atoms with Gasteiger partial charge in [-0.05, 0) is 62.4 Å². The Morgan fingerprint density at radius 3 is 2.40 bits per heavy atom. The Hall–Kier alpha value is -3.96. The number of methoxy groups -OCH3 is 1. The number of anilines is 2. The third-order valence-corrected chi connectivity index (χ3v) is 7.08. The smallest absolute Gasteiger partial charge is 0.303 e. The Balaban J connectivity index is 1.50. The van der Waals surface area contributed by atoms with Crippen molar-refractivity contribution in [3.8, 4) is 17.0 Å². The number of benzene rings is 2. The van der Waals surface area contributed by atoms with Gasteiger partial charge in [0.2, 0.25) is 10.3 Å². The van der Waals surface area contributed by atoms with E-state index in [9.17, 15) is 9.18 Å². The second kappa shape index (κ2) is 9.35. The fraction of sp³-hybridized carbons (Fsp3) is 0.125. The molecule has 8 nitrogen and oxygen atoms in total. The molecule has 0 fully saturated rings. The number of carbonyl (C=O) groups is 1. The van der Waals surface area contributed by atoms with Gasteiger partial charge < -0.3 is 4.74 Å². The molecule has 1 aliphatic heterocycles. The third kappa shape index (κ3) is 4.55. The highest BCUT2D eigenvalue weighted by Crippen LogP contribution is 2.31. The molecule has 35 heavy (non-hydrogen) atoms. The van der Waals surface area contributed by atoms with Gasteiger partial charge in [-0.2, -0.15) is 15.2 Å². The Kier molecular flexibility index (Phi) is 6.10.